The van der Waals surface area contributed by atoms with E-state index in [1.807, 2.05) is 30.5 Å². The maximum absolute atomic E-state index is 11.2. The molecule has 2 rings (SSSR count). The van der Waals surface area contributed by atoms with Crippen LogP contribution >= 0.6 is 11.5 Å². The summed E-state index contributed by atoms with van der Waals surface area (Å²) < 4.78 is 6.04. The molecule has 2 aromatic heterocycles. The van der Waals surface area contributed by atoms with Gasteiger partial charge in [0.2, 0.25) is 0 Å². The zero-order chi connectivity index (χ0) is 11.9. The van der Waals surface area contributed by atoms with Gasteiger partial charge in [-0.1, -0.05) is 0 Å². The largest absolute Gasteiger partial charge is 0.478 e. The molecule has 0 fully saturated rings. The molecule has 16 heavy (non-hydrogen) atoms. The van der Waals surface area contributed by atoms with E-state index in [0.29, 0.717) is 16.3 Å². The highest BCUT2D eigenvalue weighted by Gasteiger charge is 2.20. The van der Waals surface area contributed by atoms with Crippen molar-refractivity contribution in [2.45, 2.75) is 20.8 Å². The highest BCUT2D eigenvalue weighted by Crippen LogP contribution is 2.26. The lowest BCUT2D eigenvalue weighted by atomic mass is 10.2. The second-order valence-electron chi connectivity index (χ2n) is 3.70. The molecule has 84 valence electrons. The molecule has 0 aliphatic heterocycles. The molecule has 0 bridgehead atoms. The lowest BCUT2D eigenvalue weighted by molar-refractivity contribution is 0.0696. The predicted octanol–water partition coefficient (Wildman–Crippen LogP) is 2.56. The van der Waals surface area contributed by atoms with Gasteiger partial charge in [-0.2, -0.15) is 4.37 Å². The standard InChI is InChI=1S/C11H12N2O2S/c1-6-4-5-7(2)13(6)10-9(11(14)15)8(3)12-16-10/h4-5H,1-3H3,(H,14,15). The molecule has 0 aromatic carbocycles. The summed E-state index contributed by atoms with van der Waals surface area (Å²) in [6.45, 7) is 5.62. The van der Waals surface area contributed by atoms with Gasteiger partial charge in [-0.25, -0.2) is 4.79 Å². The van der Waals surface area contributed by atoms with Gasteiger partial charge in [-0.3, -0.25) is 0 Å². The van der Waals surface area contributed by atoms with Crippen LogP contribution in [0.1, 0.15) is 27.4 Å². The molecule has 1 N–H and O–H groups in total. The van der Waals surface area contributed by atoms with Crippen LogP contribution in [0.3, 0.4) is 0 Å². The number of hydrogen-bond donors (Lipinski definition) is 1. The quantitative estimate of drug-likeness (QED) is 0.871. The van der Waals surface area contributed by atoms with Crippen LogP contribution in [0.5, 0.6) is 0 Å². The number of aromatic nitrogens is 2. The smallest absolute Gasteiger partial charge is 0.340 e. The minimum atomic E-state index is -0.922. The van der Waals surface area contributed by atoms with Gasteiger partial charge >= 0.3 is 5.97 Å². The van der Waals surface area contributed by atoms with Crippen molar-refractivity contribution in [2.24, 2.45) is 0 Å². The Hall–Kier alpha value is -1.62. The Balaban J connectivity index is 2.70. The third-order valence-corrected chi connectivity index (χ3v) is 3.46. The first-order valence-electron chi connectivity index (χ1n) is 4.87. The van der Waals surface area contributed by atoms with E-state index in [2.05, 4.69) is 4.37 Å². The lowest BCUT2D eigenvalue weighted by Crippen LogP contribution is -2.05. The normalized spacial score (nSPS) is 10.7. The Bertz CT molecular complexity index is 535. The molecular weight excluding hydrogens is 224 g/mol. The van der Waals surface area contributed by atoms with Gasteiger partial charge in [0.1, 0.15) is 10.6 Å². The number of aromatic carboxylic acids is 1. The number of carbonyl (C=O) groups is 1. The van der Waals surface area contributed by atoms with Crippen molar-refractivity contribution in [3.05, 3.63) is 34.8 Å². The van der Waals surface area contributed by atoms with Crippen molar-refractivity contribution >= 4 is 17.5 Å². The van der Waals surface area contributed by atoms with Crippen LogP contribution in [0.2, 0.25) is 0 Å². The van der Waals surface area contributed by atoms with Crippen LogP contribution < -0.4 is 0 Å². The molecule has 0 aliphatic carbocycles. The van der Waals surface area contributed by atoms with E-state index in [-0.39, 0.29) is 0 Å². The average Bonchev–Trinajstić information content (AvgIpc) is 2.70. The fourth-order valence-corrected chi connectivity index (χ4v) is 2.76. The summed E-state index contributed by atoms with van der Waals surface area (Å²) in [5, 5.41) is 9.85. The number of carboxylic acid groups (broad SMARTS) is 1. The molecule has 0 aliphatic rings. The number of hydrogen-bond acceptors (Lipinski definition) is 3. The minimum absolute atomic E-state index is 0.299. The first-order valence-corrected chi connectivity index (χ1v) is 5.64. The van der Waals surface area contributed by atoms with Crippen LogP contribution in [0, 0.1) is 20.8 Å². The second-order valence-corrected chi connectivity index (χ2v) is 4.46. The molecule has 0 saturated carbocycles. The zero-order valence-corrected chi connectivity index (χ0v) is 10.1. The SMILES string of the molecule is Cc1nsc(-n2c(C)ccc2C)c1C(=O)O. The van der Waals surface area contributed by atoms with Gasteiger partial charge in [0.15, 0.2) is 0 Å². The fraction of sp³-hybridized carbons (Fsp3) is 0.273. The second kappa shape index (κ2) is 3.75. The monoisotopic (exact) mass is 236 g/mol. The lowest BCUT2D eigenvalue weighted by Gasteiger charge is -2.07. The summed E-state index contributed by atoms with van der Waals surface area (Å²) >= 11 is 1.22. The van der Waals surface area contributed by atoms with Crippen LogP contribution in [0.25, 0.3) is 5.00 Å². The van der Waals surface area contributed by atoms with Gasteiger partial charge in [-0.05, 0) is 44.4 Å². The molecule has 0 unspecified atom stereocenters. The summed E-state index contributed by atoms with van der Waals surface area (Å²) in [6.07, 6.45) is 0. The van der Waals surface area contributed by atoms with E-state index in [9.17, 15) is 4.79 Å². The number of aryl methyl sites for hydroxylation is 3. The Morgan fingerprint density at radius 2 is 1.88 bits per heavy atom. The van der Waals surface area contributed by atoms with Crippen molar-refractivity contribution in [1.29, 1.82) is 0 Å². The molecule has 0 radical (unpaired) electrons. The Kier molecular flexibility index (Phi) is 2.55. The summed E-state index contributed by atoms with van der Waals surface area (Å²) in [5.74, 6) is -0.922. The highest BCUT2D eigenvalue weighted by molar-refractivity contribution is 7.09. The molecule has 0 saturated heterocycles. The molecule has 2 aromatic rings. The molecule has 0 atom stereocenters. The highest BCUT2D eigenvalue weighted by atomic mass is 32.1. The van der Waals surface area contributed by atoms with E-state index in [1.54, 1.807) is 6.92 Å². The van der Waals surface area contributed by atoms with Crippen molar-refractivity contribution in [3.63, 3.8) is 0 Å². The third-order valence-electron chi connectivity index (χ3n) is 2.53. The number of rotatable bonds is 2. The van der Waals surface area contributed by atoms with Crippen LogP contribution in [-0.4, -0.2) is 20.0 Å². The van der Waals surface area contributed by atoms with Crippen molar-refractivity contribution < 1.29 is 9.90 Å². The third kappa shape index (κ3) is 1.53. The molecule has 0 spiro atoms. The van der Waals surface area contributed by atoms with E-state index in [4.69, 9.17) is 5.11 Å². The predicted molar refractivity (Wildman–Crippen MR) is 62.6 cm³/mol. The van der Waals surface area contributed by atoms with Gasteiger partial charge in [-0.15, -0.1) is 0 Å². The van der Waals surface area contributed by atoms with Crippen molar-refractivity contribution in [1.82, 2.24) is 8.94 Å². The van der Waals surface area contributed by atoms with Gasteiger partial charge < -0.3 is 9.67 Å². The summed E-state index contributed by atoms with van der Waals surface area (Å²) in [5.41, 5.74) is 2.90. The minimum Gasteiger partial charge on any atom is -0.478 e. The Morgan fingerprint density at radius 1 is 1.31 bits per heavy atom. The molecular formula is C11H12N2O2S. The van der Waals surface area contributed by atoms with Gasteiger partial charge in [0.05, 0.1) is 5.69 Å². The molecule has 0 amide bonds. The number of nitrogens with zero attached hydrogens (tertiary/aromatic N) is 2. The van der Waals surface area contributed by atoms with Crippen molar-refractivity contribution in [3.8, 4) is 5.00 Å². The maximum Gasteiger partial charge on any atom is 0.340 e. The molecule has 4 nitrogen and oxygen atoms in total. The zero-order valence-electron chi connectivity index (χ0n) is 9.31. The van der Waals surface area contributed by atoms with Crippen molar-refractivity contribution in [2.75, 3.05) is 0 Å². The first-order chi connectivity index (χ1) is 7.52. The van der Waals surface area contributed by atoms with E-state index < -0.39 is 5.97 Å². The Morgan fingerprint density at radius 3 is 2.38 bits per heavy atom. The molecule has 5 heteroatoms. The topological polar surface area (TPSA) is 55.1 Å². The van der Waals surface area contributed by atoms with E-state index in [1.165, 1.54) is 11.5 Å². The summed E-state index contributed by atoms with van der Waals surface area (Å²) in [4.78, 5) is 11.2. The maximum atomic E-state index is 11.2. The number of carboxylic acids is 1. The van der Waals surface area contributed by atoms with E-state index >= 15 is 0 Å². The summed E-state index contributed by atoms with van der Waals surface area (Å²) in [7, 11) is 0. The van der Waals surface area contributed by atoms with Crippen LogP contribution in [0.15, 0.2) is 12.1 Å². The van der Waals surface area contributed by atoms with Gasteiger partial charge in [0, 0.05) is 11.4 Å². The fourth-order valence-electron chi connectivity index (χ4n) is 1.75. The Labute approximate surface area is 97.3 Å². The average molecular weight is 236 g/mol. The first kappa shape index (κ1) is 10.9. The van der Waals surface area contributed by atoms with E-state index in [0.717, 1.165) is 11.4 Å². The summed E-state index contributed by atoms with van der Waals surface area (Å²) in [6, 6.07) is 3.94. The van der Waals surface area contributed by atoms with Crippen LogP contribution in [-0.2, 0) is 0 Å². The van der Waals surface area contributed by atoms with Gasteiger partial charge in [0.25, 0.3) is 0 Å². The molecule has 2 heterocycles. The van der Waals surface area contributed by atoms with Crippen LogP contribution in [0.4, 0.5) is 0 Å².